The molecule has 0 spiro atoms. The lowest BCUT2D eigenvalue weighted by molar-refractivity contribution is -0.139. The molecule has 0 radical (unpaired) electrons. The Hall–Kier alpha value is -0.150. The van der Waals surface area contributed by atoms with Gasteiger partial charge in [0.1, 0.15) is 12.8 Å². The first kappa shape index (κ1) is 6.96. The van der Waals surface area contributed by atoms with Crippen molar-refractivity contribution in [1.82, 2.24) is 0 Å². The molecule has 0 N–H and O–H groups in total. The van der Waals surface area contributed by atoms with Gasteiger partial charge in [0.05, 0.1) is 6.61 Å². The Morgan fingerprint density at radius 3 is 2.56 bits per heavy atom. The van der Waals surface area contributed by atoms with Crippen LogP contribution in [-0.2, 0) is 9.47 Å². The standard InChI is InChI=1S/C6H11FO2/c1-6(2)8-4-5(3-7)9-6/h5H,3-4H2,1-2H3. The molecule has 1 heterocycles. The highest BCUT2D eigenvalue weighted by molar-refractivity contribution is 4.69. The van der Waals surface area contributed by atoms with Crippen molar-refractivity contribution < 1.29 is 13.9 Å². The van der Waals surface area contributed by atoms with Crippen molar-refractivity contribution >= 4 is 0 Å². The van der Waals surface area contributed by atoms with E-state index in [0.717, 1.165) is 0 Å². The molecule has 9 heavy (non-hydrogen) atoms. The zero-order chi connectivity index (χ0) is 6.91. The minimum Gasteiger partial charge on any atom is -0.348 e. The Labute approximate surface area is 54.0 Å². The van der Waals surface area contributed by atoms with Crippen molar-refractivity contribution in [2.75, 3.05) is 13.3 Å². The zero-order valence-electron chi connectivity index (χ0n) is 5.69. The molecule has 3 heteroatoms. The molecule has 2 nitrogen and oxygen atoms in total. The summed E-state index contributed by atoms with van der Waals surface area (Å²) in [4.78, 5) is 0. The molecule has 1 saturated heterocycles. The first-order chi connectivity index (χ1) is 4.14. The van der Waals surface area contributed by atoms with Gasteiger partial charge in [-0.1, -0.05) is 0 Å². The van der Waals surface area contributed by atoms with Gasteiger partial charge in [-0.15, -0.1) is 0 Å². The van der Waals surface area contributed by atoms with E-state index in [2.05, 4.69) is 0 Å². The molecule has 1 aliphatic rings. The number of hydrogen-bond donors (Lipinski definition) is 0. The Morgan fingerprint density at radius 2 is 2.33 bits per heavy atom. The van der Waals surface area contributed by atoms with Crippen LogP contribution in [-0.4, -0.2) is 25.2 Å². The summed E-state index contributed by atoms with van der Waals surface area (Å²) in [5.41, 5.74) is 0. The zero-order valence-corrected chi connectivity index (χ0v) is 5.69. The van der Waals surface area contributed by atoms with Crippen LogP contribution < -0.4 is 0 Å². The van der Waals surface area contributed by atoms with Crippen LogP contribution in [0.4, 0.5) is 4.39 Å². The maximum Gasteiger partial charge on any atom is 0.163 e. The maximum absolute atomic E-state index is 11.8. The van der Waals surface area contributed by atoms with Crippen molar-refractivity contribution in [3.8, 4) is 0 Å². The molecule has 0 aromatic carbocycles. The second kappa shape index (κ2) is 2.23. The van der Waals surface area contributed by atoms with E-state index >= 15 is 0 Å². The second-order valence-electron chi connectivity index (χ2n) is 2.60. The van der Waals surface area contributed by atoms with Crippen LogP contribution >= 0.6 is 0 Å². The summed E-state index contributed by atoms with van der Waals surface area (Å²) >= 11 is 0. The molecular formula is C6H11FO2. The lowest BCUT2D eigenvalue weighted by Gasteiger charge is -2.15. The summed E-state index contributed by atoms with van der Waals surface area (Å²) in [6, 6.07) is 0. The molecule has 54 valence electrons. The number of alkyl halides is 1. The van der Waals surface area contributed by atoms with E-state index in [1.807, 2.05) is 0 Å². The second-order valence-corrected chi connectivity index (χ2v) is 2.60. The average molecular weight is 134 g/mol. The van der Waals surface area contributed by atoms with Crippen LogP contribution in [0.2, 0.25) is 0 Å². The Morgan fingerprint density at radius 1 is 1.67 bits per heavy atom. The highest BCUT2D eigenvalue weighted by Crippen LogP contribution is 2.21. The highest BCUT2D eigenvalue weighted by atomic mass is 19.1. The topological polar surface area (TPSA) is 18.5 Å². The van der Waals surface area contributed by atoms with Gasteiger partial charge in [0.25, 0.3) is 0 Å². The van der Waals surface area contributed by atoms with Gasteiger partial charge in [-0.25, -0.2) is 4.39 Å². The summed E-state index contributed by atoms with van der Waals surface area (Å²) in [6.07, 6.45) is -0.347. The molecular weight excluding hydrogens is 123 g/mol. The lowest BCUT2D eigenvalue weighted by Crippen LogP contribution is -2.22. The molecule has 1 aliphatic heterocycles. The summed E-state index contributed by atoms with van der Waals surface area (Å²) in [5.74, 6) is -0.573. The Kier molecular flexibility index (Phi) is 1.73. The summed E-state index contributed by atoms with van der Waals surface area (Å²) < 4.78 is 22.0. The van der Waals surface area contributed by atoms with Crippen molar-refractivity contribution in [2.24, 2.45) is 0 Å². The molecule has 0 saturated carbocycles. The number of ether oxygens (including phenoxy) is 2. The van der Waals surface area contributed by atoms with Gasteiger partial charge in [-0.3, -0.25) is 0 Å². The average Bonchev–Trinajstić information content (AvgIpc) is 2.10. The van der Waals surface area contributed by atoms with E-state index in [-0.39, 0.29) is 6.10 Å². The van der Waals surface area contributed by atoms with Gasteiger partial charge in [0.15, 0.2) is 5.79 Å². The SMILES string of the molecule is CC1(C)OCC(CF)O1. The maximum atomic E-state index is 11.8. The minimum absolute atomic E-state index is 0.347. The van der Waals surface area contributed by atoms with Gasteiger partial charge in [0.2, 0.25) is 0 Å². The summed E-state index contributed by atoms with van der Waals surface area (Å²) in [5, 5.41) is 0. The van der Waals surface area contributed by atoms with E-state index in [4.69, 9.17) is 9.47 Å². The van der Waals surface area contributed by atoms with E-state index in [0.29, 0.717) is 6.61 Å². The molecule has 1 unspecified atom stereocenters. The lowest BCUT2D eigenvalue weighted by atomic mass is 10.4. The normalized spacial score (nSPS) is 33.0. The third kappa shape index (κ3) is 1.63. The number of rotatable bonds is 1. The van der Waals surface area contributed by atoms with Gasteiger partial charge < -0.3 is 9.47 Å². The summed E-state index contributed by atoms with van der Waals surface area (Å²) in [7, 11) is 0. The monoisotopic (exact) mass is 134 g/mol. The van der Waals surface area contributed by atoms with Gasteiger partial charge >= 0.3 is 0 Å². The molecule has 0 bridgehead atoms. The van der Waals surface area contributed by atoms with Crippen molar-refractivity contribution in [3.63, 3.8) is 0 Å². The number of halogens is 1. The van der Waals surface area contributed by atoms with Crippen molar-refractivity contribution in [1.29, 1.82) is 0 Å². The van der Waals surface area contributed by atoms with Gasteiger partial charge in [-0.05, 0) is 13.8 Å². The predicted molar refractivity (Wildman–Crippen MR) is 30.9 cm³/mol. The van der Waals surface area contributed by atoms with Gasteiger partial charge in [-0.2, -0.15) is 0 Å². The smallest absolute Gasteiger partial charge is 0.163 e. The minimum atomic E-state index is -0.573. The fourth-order valence-electron chi connectivity index (χ4n) is 0.839. The number of hydrogen-bond acceptors (Lipinski definition) is 2. The van der Waals surface area contributed by atoms with Crippen molar-refractivity contribution in [3.05, 3.63) is 0 Å². The fourth-order valence-corrected chi connectivity index (χ4v) is 0.839. The highest BCUT2D eigenvalue weighted by Gasteiger charge is 2.32. The van der Waals surface area contributed by atoms with Crippen LogP contribution in [0.25, 0.3) is 0 Å². The van der Waals surface area contributed by atoms with Crippen LogP contribution in [0.3, 0.4) is 0 Å². The third-order valence-corrected chi connectivity index (χ3v) is 1.24. The van der Waals surface area contributed by atoms with Crippen molar-refractivity contribution in [2.45, 2.75) is 25.7 Å². The largest absolute Gasteiger partial charge is 0.348 e. The molecule has 1 rings (SSSR count). The van der Waals surface area contributed by atoms with E-state index in [1.165, 1.54) is 0 Å². The van der Waals surface area contributed by atoms with Crippen LogP contribution in [0.15, 0.2) is 0 Å². The van der Waals surface area contributed by atoms with E-state index in [9.17, 15) is 4.39 Å². The van der Waals surface area contributed by atoms with Crippen LogP contribution in [0, 0.1) is 0 Å². The van der Waals surface area contributed by atoms with E-state index < -0.39 is 12.5 Å². The predicted octanol–water partition coefficient (Wildman–Crippen LogP) is 1.11. The third-order valence-electron chi connectivity index (χ3n) is 1.24. The Balaban J connectivity index is 2.38. The van der Waals surface area contributed by atoms with Crippen LogP contribution in [0.1, 0.15) is 13.8 Å². The quantitative estimate of drug-likeness (QED) is 0.534. The molecule has 0 aliphatic carbocycles. The molecule has 0 amide bonds. The van der Waals surface area contributed by atoms with Crippen LogP contribution in [0.5, 0.6) is 0 Å². The van der Waals surface area contributed by atoms with Gasteiger partial charge in [0, 0.05) is 0 Å². The fraction of sp³-hybridized carbons (Fsp3) is 1.00. The Bertz CT molecular complexity index is 103. The molecule has 1 fully saturated rings. The first-order valence-electron chi connectivity index (χ1n) is 3.02. The van der Waals surface area contributed by atoms with E-state index in [1.54, 1.807) is 13.8 Å². The molecule has 0 aromatic heterocycles. The molecule has 1 atom stereocenters. The first-order valence-corrected chi connectivity index (χ1v) is 3.02. The summed E-state index contributed by atoms with van der Waals surface area (Å²) in [6.45, 7) is 3.48. The molecule has 0 aromatic rings.